The highest BCUT2D eigenvalue weighted by molar-refractivity contribution is 5.94. The van der Waals surface area contributed by atoms with E-state index < -0.39 is 0 Å². The second-order valence-corrected chi connectivity index (χ2v) is 9.18. The van der Waals surface area contributed by atoms with Crippen LogP contribution in [-0.2, 0) is 17.8 Å². The summed E-state index contributed by atoms with van der Waals surface area (Å²) in [6.07, 6.45) is 7.29. The first-order valence-electron chi connectivity index (χ1n) is 12.5. The summed E-state index contributed by atoms with van der Waals surface area (Å²) in [5.41, 5.74) is 2.79. The lowest BCUT2D eigenvalue weighted by Crippen LogP contribution is -2.31. The second kappa shape index (κ2) is 11.2. The van der Waals surface area contributed by atoms with Crippen LogP contribution in [0.3, 0.4) is 0 Å². The number of ether oxygens (including phenoxy) is 1. The van der Waals surface area contributed by atoms with Gasteiger partial charge in [-0.1, -0.05) is 36.8 Å². The largest absolute Gasteiger partial charge is 0.457 e. The Kier molecular flexibility index (Phi) is 7.39. The molecule has 0 atom stereocenters. The number of fused-ring (bicyclic) bond motifs is 1. The van der Waals surface area contributed by atoms with Crippen LogP contribution < -0.4 is 10.1 Å². The van der Waals surface area contributed by atoms with E-state index in [1.54, 1.807) is 0 Å². The second-order valence-electron chi connectivity index (χ2n) is 9.18. The smallest absolute Gasteiger partial charge is 0.228 e. The molecule has 1 N–H and O–H groups in total. The number of amides is 1. The van der Waals surface area contributed by atoms with Crippen molar-refractivity contribution in [1.29, 1.82) is 0 Å². The lowest BCUT2D eigenvalue weighted by atomic mass is 10.1. The van der Waals surface area contributed by atoms with E-state index in [9.17, 15) is 4.79 Å². The van der Waals surface area contributed by atoms with E-state index in [2.05, 4.69) is 20.0 Å². The first-order chi connectivity index (χ1) is 17.2. The number of para-hydroxylation sites is 1. The number of carbonyl (C=O) groups is 1. The summed E-state index contributed by atoms with van der Waals surface area (Å²) < 4.78 is 7.89. The van der Waals surface area contributed by atoms with Crippen LogP contribution in [0.4, 0.5) is 5.69 Å². The molecule has 1 saturated heterocycles. The molecule has 1 amide bonds. The predicted molar refractivity (Wildman–Crippen MR) is 140 cm³/mol. The number of nitrogens with one attached hydrogen (secondary N) is 1. The van der Waals surface area contributed by atoms with Gasteiger partial charge in [-0.25, -0.2) is 0 Å². The fourth-order valence-corrected chi connectivity index (χ4v) is 4.64. The quantitative estimate of drug-likeness (QED) is 0.333. The Morgan fingerprint density at radius 3 is 2.46 bits per heavy atom. The van der Waals surface area contributed by atoms with Gasteiger partial charge < -0.3 is 15.0 Å². The van der Waals surface area contributed by atoms with Crippen molar-refractivity contribution in [1.82, 2.24) is 14.7 Å². The highest BCUT2D eigenvalue weighted by Crippen LogP contribution is 2.22. The van der Waals surface area contributed by atoms with Crippen molar-refractivity contribution in [3.05, 3.63) is 84.6 Å². The van der Waals surface area contributed by atoms with Gasteiger partial charge in [0.2, 0.25) is 5.91 Å². The summed E-state index contributed by atoms with van der Waals surface area (Å²) in [7, 11) is 0. The van der Waals surface area contributed by atoms with Crippen molar-refractivity contribution >= 4 is 22.5 Å². The zero-order valence-electron chi connectivity index (χ0n) is 20.0. The summed E-state index contributed by atoms with van der Waals surface area (Å²) in [6.45, 7) is 4.44. The van der Waals surface area contributed by atoms with Crippen molar-refractivity contribution in [2.45, 2.75) is 38.6 Å². The molecule has 35 heavy (non-hydrogen) atoms. The molecule has 6 heteroatoms. The normalized spacial score (nSPS) is 14.2. The standard InChI is InChI=1S/C29H32N4O2/c34-29(20-23-10-14-27(15-11-23)35-26-8-3-1-4-9-26)31-25-13-12-24-22-30-33(28(24)21-25)19-7-18-32-16-5-2-6-17-32/h1,3-4,8-15,21-22H,2,5-7,16-20H2,(H,31,34). The third-order valence-corrected chi connectivity index (χ3v) is 6.49. The van der Waals surface area contributed by atoms with E-state index in [1.165, 1.54) is 32.4 Å². The zero-order chi connectivity index (χ0) is 23.9. The highest BCUT2D eigenvalue weighted by atomic mass is 16.5. The maximum Gasteiger partial charge on any atom is 0.228 e. The Morgan fingerprint density at radius 2 is 1.66 bits per heavy atom. The Balaban J connectivity index is 1.16. The molecule has 1 aromatic heterocycles. The summed E-state index contributed by atoms with van der Waals surface area (Å²) in [5, 5.41) is 8.71. The highest BCUT2D eigenvalue weighted by Gasteiger charge is 2.11. The molecule has 1 aliphatic rings. The van der Waals surface area contributed by atoms with Gasteiger partial charge in [-0.15, -0.1) is 0 Å². The van der Waals surface area contributed by atoms with Gasteiger partial charge in [-0.2, -0.15) is 5.10 Å². The van der Waals surface area contributed by atoms with Crippen LogP contribution in [-0.4, -0.2) is 40.2 Å². The van der Waals surface area contributed by atoms with E-state index >= 15 is 0 Å². The number of likely N-dealkylation sites (tertiary alicyclic amines) is 1. The van der Waals surface area contributed by atoms with Gasteiger partial charge in [0, 0.05) is 17.6 Å². The van der Waals surface area contributed by atoms with Crippen molar-refractivity contribution in [3.8, 4) is 11.5 Å². The van der Waals surface area contributed by atoms with Gasteiger partial charge in [0.1, 0.15) is 11.5 Å². The zero-order valence-corrected chi connectivity index (χ0v) is 20.0. The molecule has 180 valence electrons. The van der Waals surface area contributed by atoms with Gasteiger partial charge >= 0.3 is 0 Å². The van der Waals surface area contributed by atoms with Gasteiger partial charge in [0.25, 0.3) is 0 Å². The van der Waals surface area contributed by atoms with E-state index in [0.717, 1.165) is 53.2 Å². The number of benzene rings is 3. The minimum atomic E-state index is -0.0442. The maximum atomic E-state index is 12.7. The SMILES string of the molecule is O=C(Cc1ccc(Oc2ccccc2)cc1)Nc1ccc2cnn(CCCN3CCCCC3)c2c1. The van der Waals surface area contributed by atoms with E-state index in [0.29, 0.717) is 6.42 Å². The van der Waals surface area contributed by atoms with Crippen LogP contribution in [0.5, 0.6) is 11.5 Å². The summed E-state index contributed by atoms with van der Waals surface area (Å²) in [5.74, 6) is 1.50. The number of piperidine rings is 1. The summed E-state index contributed by atoms with van der Waals surface area (Å²) >= 11 is 0. The molecule has 0 radical (unpaired) electrons. The molecule has 3 aromatic carbocycles. The van der Waals surface area contributed by atoms with E-state index in [4.69, 9.17) is 4.74 Å². The van der Waals surface area contributed by atoms with E-state index in [-0.39, 0.29) is 5.91 Å². The van der Waals surface area contributed by atoms with Crippen LogP contribution in [0.2, 0.25) is 0 Å². The lowest BCUT2D eigenvalue weighted by molar-refractivity contribution is -0.115. The monoisotopic (exact) mass is 468 g/mol. The number of anilines is 1. The van der Waals surface area contributed by atoms with Crippen LogP contribution in [0.15, 0.2) is 79.0 Å². The van der Waals surface area contributed by atoms with Gasteiger partial charge in [0.15, 0.2) is 0 Å². The van der Waals surface area contributed by atoms with Crippen molar-refractivity contribution < 1.29 is 9.53 Å². The average Bonchev–Trinajstić information content (AvgIpc) is 3.29. The molecule has 0 saturated carbocycles. The molecule has 4 aromatic rings. The Hall–Kier alpha value is -3.64. The molecule has 6 nitrogen and oxygen atoms in total. The van der Waals surface area contributed by atoms with Gasteiger partial charge in [0.05, 0.1) is 18.1 Å². The fraction of sp³-hybridized carbons (Fsp3) is 0.310. The molecule has 1 fully saturated rings. The molecule has 2 heterocycles. The van der Waals surface area contributed by atoms with Crippen molar-refractivity contribution in [2.75, 3.05) is 25.0 Å². The molecule has 5 rings (SSSR count). The number of hydrogen-bond donors (Lipinski definition) is 1. The Bertz CT molecular complexity index is 1240. The maximum absolute atomic E-state index is 12.7. The minimum Gasteiger partial charge on any atom is -0.457 e. The topological polar surface area (TPSA) is 59.4 Å². The lowest BCUT2D eigenvalue weighted by Gasteiger charge is -2.26. The van der Waals surface area contributed by atoms with Gasteiger partial charge in [-0.05, 0) is 86.9 Å². The molecular formula is C29H32N4O2. The molecular weight excluding hydrogens is 436 g/mol. The van der Waals surface area contributed by atoms with Crippen LogP contribution in [0.25, 0.3) is 10.9 Å². The fourth-order valence-electron chi connectivity index (χ4n) is 4.64. The molecule has 0 aliphatic carbocycles. The van der Waals surface area contributed by atoms with E-state index in [1.807, 2.05) is 79.0 Å². The molecule has 0 unspecified atom stereocenters. The third kappa shape index (κ3) is 6.28. The summed E-state index contributed by atoms with van der Waals surface area (Å²) in [6, 6.07) is 23.3. The number of rotatable bonds is 9. The first kappa shape index (κ1) is 23.1. The van der Waals surface area contributed by atoms with Gasteiger partial charge in [-0.3, -0.25) is 9.48 Å². The summed E-state index contributed by atoms with van der Waals surface area (Å²) in [4.78, 5) is 15.3. The van der Waals surface area contributed by atoms with Crippen LogP contribution >= 0.6 is 0 Å². The van der Waals surface area contributed by atoms with Crippen molar-refractivity contribution in [3.63, 3.8) is 0 Å². The number of carbonyl (C=O) groups excluding carboxylic acids is 1. The Morgan fingerprint density at radius 1 is 0.886 bits per heavy atom. The van der Waals surface area contributed by atoms with Crippen molar-refractivity contribution in [2.24, 2.45) is 0 Å². The molecule has 0 spiro atoms. The number of nitrogens with zero attached hydrogens (tertiary/aromatic N) is 3. The number of hydrogen-bond acceptors (Lipinski definition) is 4. The predicted octanol–water partition coefficient (Wildman–Crippen LogP) is 5.89. The number of aryl methyl sites for hydroxylation is 1. The molecule has 1 aliphatic heterocycles. The third-order valence-electron chi connectivity index (χ3n) is 6.49. The van der Waals surface area contributed by atoms with Crippen LogP contribution in [0, 0.1) is 0 Å². The van der Waals surface area contributed by atoms with Crippen LogP contribution in [0.1, 0.15) is 31.2 Å². The molecule has 0 bridgehead atoms. The minimum absolute atomic E-state index is 0.0442. The Labute approximate surface area is 206 Å². The average molecular weight is 469 g/mol. The first-order valence-corrected chi connectivity index (χ1v) is 12.5. The number of aromatic nitrogens is 2.